The fourth-order valence-electron chi connectivity index (χ4n) is 3.79. The highest BCUT2D eigenvalue weighted by atomic mass is 32.2. The van der Waals surface area contributed by atoms with E-state index in [-0.39, 0.29) is 16.6 Å². The van der Waals surface area contributed by atoms with Crippen molar-refractivity contribution in [3.63, 3.8) is 0 Å². The summed E-state index contributed by atoms with van der Waals surface area (Å²) in [7, 11) is -2.43. The van der Waals surface area contributed by atoms with E-state index in [1.807, 2.05) is 31.2 Å². The Bertz CT molecular complexity index is 1220. The number of carbonyl (C=O) groups is 1. The lowest BCUT2D eigenvalue weighted by Crippen LogP contribution is -2.35. The van der Waals surface area contributed by atoms with E-state index in [0.29, 0.717) is 17.8 Å². The van der Waals surface area contributed by atoms with Crippen LogP contribution in [0.2, 0.25) is 0 Å². The molecule has 3 aromatic carbocycles. The monoisotopic (exact) mass is 436 g/mol. The lowest BCUT2D eigenvalue weighted by Gasteiger charge is -2.30. The molecule has 0 aliphatic carbocycles. The average molecular weight is 437 g/mol. The molecule has 0 atom stereocenters. The van der Waals surface area contributed by atoms with Crippen molar-refractivity contribution in [2.24, 2.45) is 0 Å². The van der Waals surface area contributed by atoms with Gasteiger partial charge >= 0.3 is 0 Å². The molecule has 1 N–H and O–H groups in total. The first-order valence-electron chi connectivity index (χ1n) is 10.1. The Balaban J connectivity index is 1.68. The molecule has 0 spiro atoms. The van der Waals surface area contributed by atoms with Gasteiger partial charge in [0.2, 0.25) is 0 Å². The SMILES string of the molecule is COc1ccc(C)cc1S(=O)(=O)Nc1ccc2c(c1)N(C(=O)c1ccccc1)CCC2. The molecule has 0 aromatic heterocycles. The van der Waals surface area contributed by atoms with Gasteiger partial charge in [0.25, 0.3) is 15.9 Å². The minimum absolute atomic E-state index is 0.0740. The number of nitrogens with one attached hydrogen (secondary N) is 1. The second-order valence-corrected chi connectivity index (χ2v) is 9.18. The largest absolute Gasteiger partial charge is 0.495 e. The smallest absolute Gasteiger partial charge is 0.265 e. The minimum Gasteiger partial charge on any atom is -0.495 e. The van der Waals surface area contributed by atoms with Crippen molar-refractivity contribution in [3.05, 3.63) is 83.4 Å². The molecule has 1 heterocycles. The van der Waals surface area contributed by atoms with Gasteiger partial charge in [0.1, 0.15) is 10.6 Å². The number of hydrogen-bond acceptors (Lipinski definition) is 4. The van der Waals surface area contributed by atoms with Gasteiger partial charge in [-0.05, 0) is 67.3 Å². The van der Waals surface area contributed by atoms with Crippen molar-refractivity contribution in [3.8, 4) is 5.75 Å². The number of methoxy groups -OCH3 is 1. The highest BCUT2D eigenvalue weighted by Crippen LogP contribution is 2.33. The molecule has 1 aliphatic rings. The van der Waals surface area contributed by atoms with Gasteiger partial charge in [-0.1, -0.05) is 30.3 Å². The molecular formula is C24H24N2O4S. The Kier molecular flexibility index (Phi) is 5.69. The van der Waals surface area contributed by atoms with Crippen LogP contribution in [0.4, 0.5) is 11.4 Å². The van der Waals surface area contributed by atoms with E-state index in [1.54, 1.807) is 47.4 Å². The van der Waals surface area contributed by atoms with Gasteiger partial charge in [0.05, 0.1) is 12.8 Å². The van der Waals surface area contributed by atoms with Crippen molar-refractivity contribution in [2.75, 3.05) is 23.3 Å². The molecule has 0 radical (unpaired) electrons. The van der Waals surface area contributed by atoms with Crippen molar-refractivity contribution in [1.82, 2.24) is 0 Å². The normalized spacial score (nSPS) is 13.4. The number of rotatable bonds is 5. The number of aryl methyl sites for hydroxylation is 2. The summed E-state index contributed by atoms with van der Waals surface area (Å²) in [5.41, 5.74) is 3.57. The molecule has 1 aliphatic heterocycles. The number of fused-ring (bicyclic) bond motifs is 1. The van der Waals surface area contributed by atoms with Crippen molar-refractivity contribution in [1.29, 1.82) is 0 Å². The molecule has 0 fully saturated rings. The second kappa shape index (κ2) is 8.43. The zero-order valence-corrected chi connectivity index (χ0v) is 18.3. The number of hydrogen-bond donors (Lipinski definition) is 1. The molecule has 0 saturated heterocycles. The standard InChI is InChI=1S/C24H24N2O4S/c1-17-10-13-22(30-2)23(15-17)31(28,29)25-20-12-11-18-9-6-14-26(21(18)16-20)24(27)19-7-4-3-5-8-19/h3-5,7-8,10-13,15-16,25H,6,9,14H2,1-2H3. The van der Waals surface area contributed by atoms with E-state index in [4.69, 9.17) is 4.74 Å². The molecule has 0 unspecified atom stereocenters. The molecule has 3 aromatic rings. The zero-order valence-electron chi connectivity index (χ0n) is 17.5. The Morgan fingerprint density at radius 3 is 2.55 bits per heavy atom. The number of sulfonamides is 1. The maximum absolute atomic E-state index is 13.1. The summed E-state index contributed by atoms with van der Waals surface area (Å²) in [6.07, 6.45) is 1.70. The average Bonchev–Trinajstić information content (AvgIpc) is 2.78. The van der Waals surface area contributed by atoms with E-state index in [0.717, 1.165) is 29.7 Å². The van der Waals surface area contributed by atoms with Gasteiger partial charge in [0.15, 0.2) is 0 Å². The van der Waals surface area contributed by atoms with Crippen LogP contribution in [0.1, 0.15) is 27.9 Å². The van der Waals surface area contributed by atoms with E-state index in [1.165, 1.54) is 7.11 Å². The topological polar surface area (TPSA) is 75.7 Å². The number of amides is 1. The van der Waals surface area contributed by atoms with Crippen LogP contribution in [0.5, 0.6) is 5.75 Å². The number of carbonyl (C=O) groups excluding carboxylic acids is 1. The van der Waals surface area contributed by atoms with Gasteiger partial charge in [0, 0.05) is 17.8 Å². The predicted molar refractivity (Wildman–Crippen MR) is 121 cm³/mol. The maximum atomic E-state index is 13.1. The highest BCUT2D eigenvalue weighted by molar-refractivity contribution is 7.92. The third kappa shape index (κ3) is 4.27. The van der Waals surface area contributed by atoms with Crippen LogP contribution >= 0.6 is 0 Å². The molecule has 7 heteroatoms. The first kappa shape index (κ1) is 20.9. The van der Waals surface area contributed by atoms with Crippen LogP contribution in [0.3, 0.4) is 0 Å². The summed E-state index contributed by atoms with van der Waals surface area (Å²) in [5.74, 6) is 0.179. The van der Waals surface area contributed by atoms with Gasteiger partial charge in [-0.2, -0.15) is 0 Å². The lowest BCUT2D eigenvalue weighted by atomic mass is 10.00. The number of benzene rings is 3. The summed E-state index contributed by atoms with van der Waals surface area (Å²) < 4.78 is 34.0. The number of anilines is 2. The molecule has 31 heavy (non-hydrogen) atoms. The van der Waals surface area contributed by atoms with E-state index >= 15 is 0 Å². The Hall–Kier alpha value is -3.32. The molecule has 1 amide bonds. The van der Waals surface area contributed by atoms with Crippen LogP contribution < -0.4 is 14.4 Å². The van der Waals surface area contributed by atoms with Crippen LogP contribution in [0, 0.1) is 6.92 Å². The van der Waals surface area contributed by atoms with Gasteiger partial charge in [-0.25, -0.2) is 8.42 Å². The number of ether oxygens (including phenoxy) is 1. The third-order valence-electron chi connectivity index (χ3n) is 5.33. The van der Waals surface area contributed by atoms with E-state index < -0.39 is 10.0 Å². The van der Waals surface area contributed by atoms with Gasteiger partial charge in [-0.15, -0.1) is 0 Å². The van der Waals surface area contributed by atoms with Crippen molar-refractivity contribution < 1.29 is 17.9 Å². The fraction of sp³-hybridized carbons (Fsp3) is 0.208. The molecule has 0 bridgehead atoms. The third-order valence-corrected chi connectivity index (χ3v) is 6.73. The van der Waals surface area contributed by atoms with Crippen LogP contribution in [0.15, 0.2) is 71.6 Å². The maximum Gasteiger partial charge on any atom is 0.265 e. The highest BCUT2D eigenvalue weighted by Gasteiger charge is 2.25. The van der Waals surface area contributed by atoms with Gasteiger partial charge < -0.3 is 9.64 Å². The Morgan fingerprint density at radius 2 is 1.81 bits per heavy atom. The van der Waals surface area contributed by atoms with Crippen LogP contribution in [-0.2, 0) is 16.4 Å². The first-order chi connectivity index (χ1) is 14.9. The molecule has 4 rings (SSSR count). The lowest BCUT2D eigenvalue weighted by molar-refractivity contribution is 0.0985. The van der Waals surface area contributed by atoms with E-state index in [9.17, 15) is 13.2 Å². The molecule has 6 nitrogen and oxygen atoms in total. The number of nitrogens with zero attached hydrogens (tertiary/aromatic N) is 1. The van der Waals surface area contributed by atoms with Crippen LogP contribution in [0.25, 0.3) is 0 Å². The second-order valence-electron chi connectivity index (χ2n) is 7.53. The van der Waals surface area contributed by atoms with Crippen molar-refractivity contribution in [2.45, 2.75) is 24.7 Å². The summed E-state index contributed by atoms with van der Waals surface area (Å²) in [6.45, 7) is 2.41. The first-order valence-corrected chi connectivity index (χ1v) is 11.5. The predicted octanol–water partition coefficient (Wildman–Crippen LogP) is 4.40. The quantitative estimate of drug-likeness (QED) is 0.643. The van der Waals surface area contributed by atoms with E-state index in [2.05, 4.69) is 4.72 Å². The molecule has 160 valence electrons. The van der Waals surface area contributed by atoms with Crippen molar-refractivity contribution >= 4 is 27.3 Å². The summed E-state index contributed by atoms with van der Waals surface area (Å²) in [5, 5.41) is 0. The Morgan fingerprint density at radius 1 is 1.03 bits per heavy atom. The minimum atomic E-state index is -3.87. The zero-order chi connectivity index (χ0) is 22.0. The molecule has 0 saturated carbocycles. The summed E-state index contributed by atoms with van der Waals surface area (Å²) in [4.78, 5) is 14.9. The summed E-state index contributed by atoms with van der Waals surface area (Å²) in [6, 6.07) is 19.4. The van der Waals surface area contributed by atoms with Crippen LogP contribution in [-0.4, -0.2) is 28.0 Å². The summed E-state index contributed by atoms with van der Waals surface area (Å²) >= 11 is 0. The fourth-order valence-corrected chi connectivity index (χ4v) is 5.09. The molecular weight excluding hydrogens is 412 g/mol. The van der Waals surface area contributed by atoms with Gasteiger partial charge in [-0.3, -0.25) is 9.52 Å². The Labute approximate surface area is 182 Å².